The van der Waals surface area contributed by atoms with Crippen LogP contribution < -0.4 is 10.0 Å². The average Bonchev–Trinajstić information content (AvgIpc) is 2.62. The molecule has 0 spiro atoms. The van der Waals surface area contributed by atoms with Crippen LogP contribution in [0.2, 0.25) is 0 Å². The number of hydrogen-bond donors (Lipinski definition) is 2. The summed E-state index contributed by atoms with van der Waals surface area (Å²) in [6, 6.07) is 8.94. The molecule has 0 unspecified atom stereocenters. The molecule has 1 aromatic heterocycles. The van der Waals surface area contributed by atoms with Gasteiger partial charge in [0.15, 0.2) is 5.82 Å². The predicted molar refractivity (Wildman–Crippen MR) is 98.3 cm³/mol. The Bertz CT molecular complexity index is 886. The van der Waals surface area contributed by atoms with Gasteiger partial charge in [-0.15, -0.1) is 5.10 Å². The van der Waals surface area contributed by atoms with E-state index in [1.54, 1.807) is 31.2 Å². The van der Waals surface area contributed by atoms with Crippen LogP contribution in [0.4, 0.5) is 17.2 Å². The lowest BCUT2D eigenvalue weighted by molar-refractivity contribution is 0.602. The van der Waals surface area contributed by atoms with Gasteiger partial charge in [0.2, 0.25) is 10.0 Å². The monoisotopic (exact) mass is 359 g/mol. The molecule has 0 bridgehead atoms. The van der Waals surface area contributed by atoms with Crippen LogP contribution in [0.5, 0.6) is 0 Å². The van der Waals surface area contributed by atoms with Gasteiger partial charge in [-0.3, -0.25) is 4.72 Å². The number of nitriles is 1. The highest BCUT2D eigenvalue weighted by Crippen LogP contribution is 2.24. The first-order valence-corrected chi connectivity index (χ1v) is 9.75. The lowest BCUT2D eigenvalue weighted by atomic mass is 10.0. The van der Waals surface area contributed by atoms with E-state index < -0.39 is 10.0 Å². The van der Waals surface area contributed by atoms with Crippen LogP contribution in [0.3, 0.4) is 0 Å². The molecule has 25 heavy (non-hydrogen) atoms. The zero-order chi connectivity index (χ0) is 18.4. The minimum absolute atomic E-state index is 0.0116. The van der Waals surface area contributed by atoms with Crippen LogP contribution >= 0.6 is 0 Å². The van der Waals surface area contributed by atoms with E-state index in [9.17, 15) is 13.7 Å². The van der Waals surface area contributed by atoms with Crippen LogP contribution in [-0.4, -0.2) is 24.4 Å². The van der Waals surface area contributed by atoms with E-state index in [1.807, 2.05) is 13.8 Å². The first-order chi connectivity index (χ1) is 11.9. The summed E-state index contributed by atoms with van der Waals surface area (Å²) >= 11 is 0. The Kier molecular flexibility index (Phi) is 5.93. The summed E-state index contributed by atoms with van der Waals surface area (Å²) in [4.78, 5) is 0. The largest absolute Gasteiger partial charge is 0.338 e. The number of aromatic nitrogens is 2. The van der Waals surface area contributed by atoms with Crippen molar-refractivity contribution in [1.82, 2.24) is 10.2 Å². The highest BCUT2D eigenvalue weighted by Gasteiger charge is 2.14. The molecule has 0 aliphatic carbocycles. The topological polar surface area (TPSA) is 108 Å². The molecule has 0 radical (unpaired) electrons. The van der Waals surface area contributed by atoms with Crippen molar-refractivity contribution in [2.75, 3.05) is 15.8 Å². The first kappa shape index (κ1) is 18.7. The Morgan fingerprint density at radius 3 is 2.20 bits per heavy atom. The Labute approximate surface area is 148 Å². The van der Waals surface area contributed by atoms with E-state index in [-0.39, 0.29) is 5.75 Å². The summed E-state index contributed by atoms with van der Waals surface area (Å²) in [5.74, 6) is 0.413. The summed E-state index contributed by atoms with van der Waals surface area (Å²) in [7, 11) is -3.31. The summed E-state index contributed by atoms with van der Waals surface area (Å²) in [5, 5.41) is 20.9. The van der Waals surface area contributed by atoms with Crippen molar-refractivity contribution in [3.05, 3.63) is 41.1 Å². The molecular weight excluding hydrogens is 338 g/mol. The molecular formula is C17H21N5O2S. The lowest BCUT2D eigenvalue weighted by Gasteiger charge is -2.12. The fraction of sp³-hybridized carbons (Fsp3) is 0.353. The van der Waals surface area contributed by atoms with E-state index in [1.165, 1.54) is 0 Å². The normalized spacial score (nSPS) is 11.0. The maximum atomic E-state index is 11.6. The Morgan fingerprint density at radius 1 is 1.04 bits per heavy atom. The van der Waals surface area contributed by atoms with E-state index in [0.29, 0.717) is 29.2 Å². The van der Waals surface area contributed by atoms with Crippen molar-refractivity contribution in [2.45, 2.75) is 33.6 Å². The summed E-state index contributed by atoms with van der Waals surface area (Å²) in [6.45, 7) is 5.54. The van der Waals surface area contributed by atoms with Crippen LogP contribution in [-0.2, 0) is 22.9 Å². The van der Waals surface area contributed by atoms with Crippen LogP contribution in [0.1, 0.15) is 37.6 Å². The third kappa shape index (κ3) is 4.45. The number of aryl methyl sites for hydroxylation is 1. The Balaban J connectivity index is 2.27. The van der Waals surface area contributed by atoms with Crippen molar-refractivity contribution in [2.24, 2.45) is 0 Å². The Morgan fingerprint density at radius 2 is 1.68 bits per heavy atom. The molecule has 0 atom stereocenters. The second-order valence-electron chi connectivity index (χ2n) is 5.38. The smallest absolute Gasteiger partial charge is 0.232 e. The van der Waals surface area contributed by atoms with Gasteiger partial charge in [0.05, 0.1) is 11.4 Å². The first-order valence-electron chi connectivity index (χ1n) is 8.10. The lowest BCUT2D eigenvalue weighted by Crippen LogP contribution is -2.14. The van der Waals surface area contributed by atoms with Gasteiger partial charge in [-0.1, -0.05) is 13.8 Å². The fourth-order valence-corrected chi connectivity index (χ4v) is 3.03. The predicted octanol–water partition coefficient (Wildman–Crippen LogP) is 2.98. The van der Waals surface area contributed by atoms with Gasteiger partial charge in [-0.2, -0.15) is 10.4 Å². The molecule has 2 N–H and O–H groups in total. The van der Waals surface area contributed by atoms with Gasteiger partial charge < -0.3 is 5.32 Å². The number of nitrogens with one attached hydrogen (secondary N) is 2. The molecule has 1 heterocycles. The maximum absolute atomic E-state index is 11.6. The third-order valence-corrected chi connectivity index (χ3v) is 5.07. The molecule has 1 aromatic carbocycles. The summed E-state index contributed by atoms with van der Waals surface area (Å²) in [6.07, 6.45) is 1.42. The minimum atomic E-state index is -3.31. The van der Waals surface area contributed by atoms with Crippen molar-refractivity contribution in [3.63, 3.8) is 0 Å². The van der Waals surface area contributed by atoms with Crippen LogP contribution in [0.25, 0.3) is 0 Å². The Hall–Kier alpha value is -2.66. The molecule has 7 nitrogen and oxygen atoms in total. The SMILES string of the molecule is CCc1nnc(Nc2ccc(NS(=O)(=O)CC)cc2)c(C#N)c1CC. The van der Waals surface area contributed by atoms with Gasteiger partial charge in [-0.05, 0) is 49.6 Å². The number of rotatable bonds is 7. The van der Waals surface area contributed by atoms with Crippen molar-refractivity contribution in [1.29, 1.82) is 5.26 Å². The zero-order valence-electron chi connectivity index (χ0n) is 14.5. The molecule has 0 saturated carbocycles. The number of benzene rings is 1. The van der Waals surface area contributed by atoms with Gasteiger partial charge in [0, 0.05) is 11.4 Å². The molecule has 2 aromatic rings. The minimum Gasteiger partial charge on any atom is -0.338 e. The van der Waals surface area contributed by atoms with Gasteiger partial charge in [0.1, 0.15) is 11.6 Å². The van der Waals surface area contributed by atoms with Gasteiger partial charge >= 0.3 is 0 Å². The molecule has 8 heteroatoms. The number of sulfonamides is 1. The second kappa shape index (κ2) is 7.94. The molecule has 0 aliphatic rings. The van der Waals surface area contributed by atoms with E-state index in [2.05, 4.69) is 26.3 Å². The quantitative estimate of drug-likeness (QED) is 0.787. The van der Waals surface area contributed by atoms with Crippen molar-refractivity contribution in [3.8, 4) is 6.07 Å². The van der Waals surface area contributed by atoms with Crippen LogP contribution in [0.15, 0.2) is 24.3 Å². The molecule has 0 amide bonds. The van der Waals surface area contributed by atoms with Crippen molar-refractivity contribution < 1.29 is 8.42 Å². The summed E-state index contributed by atoms with van der Waals surface area (Å²) in [5.41, 5.74) is 3.39. The maximum Gasteiger partial charge on any atom is 0.232 e. The van der Waals surface area contributed by atoms with E-state index in [0.717, 1.165) is 17.7 Å². The van der Waals surface area contributed by atoms with E-state index >= 15 is 0 Å². The molecule has 132 valence electrons. The van der Waals surface area contributed by atoms with Crippen LogP contribution in [0, 0.1) is 11.3 Å². The highest BCUT2D eigenvalue weighted by atomic mass is 32.2. The van der Waals surface area contributed by atoms with Gasteiger partial charge in [0.25, 0.3) is 0 Å². The highest BCUT2D eigenvalue weighted by molar-refractivity contribution is 7.92. The molecule has 0 saturated heterocycles. The van der Waals surface area contributed by atoms with Crippen molar-refractivity contribution >= 4 is 27.2 Å². The third-order valence-electron chi connectivity index (χ3n) is 3.76. The number of anilines is 3. The second-order valence-corrected chi connectivity index (χ2v) is 7.39. The summed E-state index contributed by atoms with van der Waals surface area (Å²) < 4.78 is 25.6. The zero-order valence-corrected chi connectivity index (χ0v) is 15.3. The number of nitrogens with zero attached hydrogens (tertiary/aromatic N) is 3. The molecule has 0 fully saturated rings. The average molecular weight is 359 g/mol. The molecule has 0 aliphatic heterocycles. The fourth-order valence-electron chi connectivity index (χ4n) is 2.39. The number of hydrogen-bond acceptors (Lipinski definition) is 6. The molecule has 2 rings (SSSR count). The van der Waals surface area contributed by atoms with E-state index in [4.69, 9.17) is 0 Å². The standard InChI is InChI=1S/C17H21N5O2S/c1-4-14-15(11-18)17(21-20-16(14)5-2)19-12-7-9-13(10-8-12)22-25(23,24)6-3/h7-10,22H,4-6H2,1-3H3,(H,19,21). The van der Waals surface area contributed by atoms with Gasteiger partial charge in [-0.25, -0.2) is 8.42 Å².